The summed E-state index contributed by atoms with van der Waals surface area (Å²) in [5.41, 5.74) is 0. The van der Waals surface area contributed by atoms with E-state index >= 15 is 0 Å². The second-order valence-electron chi connectivity index (χ2n) is 31.0. The fourth-order valence-electron chi connectivity index (χ4n) is 13.2. The Labute approximate surface area is 707 Å². The Bertz CT molecular complexity index is 2260. The summed E-state index contributed by atoms with van der Waals surface area (Å²) < 4.78 is 70.4. The van der Waals surface area contributed by atoms with E-state index in [1.807, 2.05) is 0 Å². The quantitative estimate of drug-likeness (QED) is 0.0144. The van der Waals surface area contributed by atoms with E-state index in [0.717, 1.165) is 167 Å². The summed E-state index contributed by atoms with van der Waals surface area (Å²) in [6, 6.07) is -2.04. The van der Waals surface area contributed by atoms with Gasteiger partial charge in [0, 0.05) is 64.5 Å². The Morgan fingerprint density at radius 2 is 0.549 bits per heavy atom. The third-order valence-electron chi connectivity index (χ3n) is 20.0. The predicted molar refractivity (Wildman–Crippen MR) is 442 cm³/mol. The molecule has 4 N–H and O–H groups in total. The molecule has 0 aliphatic carbocycles. The van der Waals surface area contributed by atoms with E-state index in [1.165, 1.54) is 116 Å². The number of amides is 4. The van der Waals surface area contributed by atoms with Crippen molar-refractivity contribution in [1.82, 2.24) is 21.3 Å². The molecule has 0 radical (unpaired) electrons. The Morgan fingerprint density at radius 3 is 0.832 bits per heavy atom. The van der Waals surface area contributed by atoms with Crippen LogP contribution in [0.5, 0.6) is 0 Å². The summed E-state index contributed by atoms with van der Waals surface area (Å²) in [4.78, 5) is 130. The largest absolute Gasteiger partial charge is 1.00 e. The van der Waals surface area contributed by atoms with Crippen LogP contribution in [0.4, 0.5) is 0 Å². The van der Waals surface area contributed by atoms with Gasteiger partial charge in [0.15, 0.2) is 0 Å². The van der Waals surface area contributed by atoms with Gasteiger partial charge in [-0.05, 0) is 51.4 Å². The van der Waals surface area contributed by atoms with Crippen molar-refractivity contribution in [3.05, 3.63) is 0 Å². The molecule has 0 aliphatic heterocycles. The van der Waals surface area contributed by atoms with Crippen LogP contribution in [0.25, 0.3) is 0 Å². The molecule has 0 aliphatic rings. The average Bonchev–Trinajstić information content (AvgIpc) is 0.914. The molecule has 6 atom stereocenters. The summed E-state index contributed by atoms with van der Waals surface area (Å²) in [6.45, 7) is 10.1. The fourth-order valence-corrected chi connectivity index (χ4v) is 14.7. The maximum Gasteiger partial charge on any atom is 1.00 e. The number of carbonyl (C=O) groups is 8. The molecule has 0 aromatic heterocycles. The normalized spacial score (nSPS) is 13.6. The maximum atomic E-state index is 13.2. The van der Waals surface area contributed by atoms with Crippen molar-refractivity contribution in [2.24, 2.45) is 0 Å². The van der Waals surface area contributed by atoms with Gasteiger partial charge in [-0.15, -0.1) is 0 Å². The molecule has 113 heavy (non-hydrogen) atoms. The second kappa shape index (κ2) is 81.7. The first-order valence-corrected chi connectivity index (χ1v) is 48.0. The average molecular weight is 1660 g/mol. The third-order valence-corrected chi connectivity index (χ3v) is 21.9. The molecule has 4 amide bonds. The zero-order valence-electron chi connectivity index (χ0n) is 72.5. The zero-order chi connectivity index (χ0) is 82.5. The molecule has 0 heterocycles. The molecule has 0 aromatic carbocycles. The van der Waals surface area contributed by atoms with Crippen LogP contribution in [0, 0.1) is 0 Å². The number of Topliss-reactive ketones (excluding diaryl/α,β-unsaturated/α-hetero) is 2. The molecule has 658 valence electrons. The van der Waals surface area contributed by atoms with Crippen LogP contribution < -0.4 is 60.6 Å². The summed E-state index contributed by atoms with van der Waals surface area (Å²) in [6.07, 6.45) is 51.2. The van der Waals surface area contributed by atoms with Crippen molar-refractivity contribution >= 4 is 62.8 Å². The number of ether oxygens (including phenoxy) is 4. The number of esters is 2. The molecule has 27 heteroatoms. The van der Waals surface area contributed by atoms with Crippen LogP contribution in [0.2, 0.25) is 0 Å². The smallest absolute Gasteiger partial charge is 0.756 e. The maximum absolute atomic E-state index is 13.2. The molecule has 0 saturated carbocycles. The minimum atomic E-state index is -5.04. The predicted octanol–water partition coefficient (Wildman–Crippen LogP) is 15.9. The second-order valence-corrected chi connectivity index (χ2v) is 33.8. The number of unbranched alkanes of at least 4 members (excludes halogenated alkanes) is 40. The summed E-state index contributed by atoms with van der Waals surface area (Å²) in [5, 5.41) is 10.3. The molecule has 0 aromatic rings. The van der Waals surface area contributed by atoms with Gasteiger partial charge in [0.1, 0.15) is 23.8 Å². The Kier molecular flexibility index (Phi) is 81.2. The van der Waals surface area contributed by atoms with Gasteiger partial charge in [-0.3, -0.25) is 47.5 Å². The minimum absolute atomic E-state index is 0. The number of hydrogen-bond donors (Lipinski definition) is 4. The van der Waals surface area contributed by atoms with Gasteiger partial charge >= 0.3 is 41.5 Å². The first-order chi connectivity index (χ1) is 54.2. The number of ketones is 2. The Hall–Kier alpha value is -2.70. The Morgan fingerprint density at radius 1 is 0.292 bits per heavy atom. The molecule has 0 saturated heterocycles. The number of carbonyl (C=O) groups excluding carboxylic acids is 8. The van der Waals surface area contributed by atoms with Crippen LogP contribution in [0.15, 0.2) is 0 Å². The number of phosphoric ester groups is 2. The van der Waals surface area contributed by atoms with E-state index in [-0.39, 0.29) is 130 Å². The molecule has 0 fully saturated rings. The molecular weight excluding hydrogens is 1490 g/mol. The first-order valence-electron chi connectivity index (χ1n) is 45.1. The summed E-state index contributed by atoms with van der Waals surface area (Å²) in [7, 11) is -10.1. The molecule has 0 rings (SSSR count). The minimum Gasteiger partial charge on any atom is -0.756 e. The van der Waals surface area contributed by atoms with Gasteiger partial charge < -0.3 is 68.1 Å². The standard InChI is InChI=1S/C86H164N4O20P2.Na/c1-7-13-19-25-29-33-37-43-47-53-77(91)69-83(95)89-75(71-103-65-61-79(55-49-41-23-17-11-5)109-85(97)57-51-45-39-35-31-27-21-15-9-3)73-107-111(99,100)105-67-63-87-81(93)59-60-82(94)88-64-68-106-112(101,102)108-74-76(90-84(96)70-78(92)54-48-44-38-34-30-26-20-14-8-2)72-104-66-62-80(56-50-42-24-18-12-6)110-86(98)58-52-46-40-36-32-28-22-16-10-4;/h75-76,79-80H,7-74H2,1-6H3,(H,87,93)(H,88,94)(H,89,95)(H,90,96)(H,99,100)(H,101,102);/q;+1/p-2. The van der Waals surface area contributed by atoms with Gasteiger partial charge in [-0.25, -0.2) is 0 Å². The van der Waals surface area contributed by atoms with Crippen LogP contribution in [0.3, 0.4) is 0 Å². The SMILES string of the molecule is CCCCCCCCCCCC(=O)CC(=O)NC(COCCC(CCCCCCC)OC(=O)CCCCCCCCCCC)COP(=O)([O-])OCCNC(=O)CCC(=O)NCCOP(=O)([O-])OCC(COCCC(CCCCCCC)OC(=O)CCCCCCCCCCC)NC(=O)CC(=O)CCCCCCCCCCC.[Na+]. The van der Waals surface area contributed by atoms with Crippen LogP contribution in [-0.2, 0) is 84.5 Å². The topological polar surface area (TPSA) is 339 Å². The van der Waals surface area contributed by atoms with E-state index in [2.05, 4.69) is 62.8 Å². The first kappa shape index (κ1) is 112. The number of rotatable bonds is 87. The molecule has 0 bridgehead atoms. The third kappa shape index (κ3) is 78.9. The zero-order valence-corrected chi connectivity index (χ0v) is 76.2. The van der Waals surface area contributed by atoms with Crippen LogP contribution in [-0.4, -0.2) is 137 Å². The molecule has 0 spiro atoms. The van der Waals surface area contributed by atoms with Crippen LogP contribution in [0.1, 0.15) is 414 Å². The molecule has 6 unspecified atom stereocenters. The van der Waals surface area contributed by atoms with Crippen molar-refractivity contribution in [3.63, 3.8) is 0 Å². The van der Waals surface area contributed by atoms with Gasteiger partial charge in [0.2, 0.25) is 23.6 Å². The van der Waals surface area contributed by atoms with Gasteiger partial charge in [0.25, 0.3) is 15.6 Å². The number of hydrogen-bond acceptors (Lipinski definition) is 20. The van der Waals surface area contributed by atoms with Gasteiger partial charge in [0.05, 0.1) is 77.8 Å². The van der Waals surface area contributed by atoms with Crippen molar-refractivity contribution in [3.8, 4) is 0 Å². The van der Waals surface area contributed by atoms with Crippen molar-refractivity contribution < 1.29 is 124 Å². The van der Waals surface area contributed by atoms with Crippen molar-refractivity contribution in [2.45, 2.75) is 438 Å². The van der Waals surface area contributed by atoms with Gasteiger partial charge in [-0.1, -0.05) is 298 Å². The number of phosphoric acid groups is 2. The monoisotopic (exact) mass is 1660 g/mol. The summed E-state index contributed by atoms with van der Waals surface area (Å²) in [5.74, 6) is -3.44. The van der Waals surface area contributed by atoms with E-state index in [0.29, 0.717) is 51.4 Å². The van der Waals surface area contributed by atoms with Crippen molar-refractivity contribution in [1.29, 1.82) is 0 Å². The van der Waals surface area contributed by atoms with E-state index < -0.39 is 90.6 Å². The summed E-state index contributed by atoms with van der Waals surface area (Å²) >= 11 is 0. The van der Waals surface area contributed by atoms with E-state index in [9.17, 15) is 57.3 Å². The Balaban J connectivity index is 0. The molecular formula is C86H162N4NaO20P2-. The van der Waals surface area contributed by atoms with E-state index in [1.54, 1.807) is 0 Å². The van der Waals surface area contributed by atoms with Crippen LogP contribution >= 0.6 is 15.6 Å². The van der Waals surface area contributed by atoms with Crippen molar-refractivity contribution in [2.75, 3.05) is 65.9 Å². The van der Waals surface area contributed by atoms with Gasteiger partial charge in [-0.2, -0.15) is 0 Å². The fraction of sp³-hybridized carbons (Fsp3) is 0.907. The number of nitrogens with one attached hydrogen (secondary N) is 4. The molecule has 24 nitrogen and oxygen atoms in total. The van der Waals surface area contributed by atoms with E-state index in [4.69, 9.17) is 37.0 Å².